The first-order chi connectivity index (χ1) is 11.0. The van der Waals surface area contributed by atoms with Crippen molar-refractivity contribution in [2.45, 2.75) is 13.3 Å². The van der Waals surface area contributed by atoms with Crippen LogP contribution in [0.3, 0.4) is 0 Å². The number of amides is 1. The van der Waals surface area contributed by atoms with E-state index in [4.69, 9.17) is 4.74 Å². The number of nitrogens with one attached hydrogen (secondary N) is 1. The molecule has 0 saturated heterocycles. The summed E-state index contributed by atoms with van der Waals surface area (Å²) in [5, 5.41) is 2.76. The molecule has 0 aliphatic carbocycles. The van der Waals surface area contributed by atoms with Crippen molar-refractivity contribution in [1.29, 1.82) is 0 Å². The van der Waals surface area contributed by atoms with Crippen molar-refractivity contribution in [2.75, 3.05) is 11.9 Å². The molecule has 0 heterocycles. The van der Waals surface area contributed by atoms with E-state index in [0.717, 1.165) is 8.95 Å². The first-order valence-corrected chi connectivity index (χ1v) is 8.59. The van der Waals surface area contributed by atoms with E-state index in [1.165, 1.54) is 0 Å². The lowest BCUT2D eigenvalue weighted by Gasteiger charge is -2.09. The SMILES string of the molecule is CCC(=O)c1ccc(OCC(=O)Nc2ccc(Br)cc2Br)cc1. The largest absolute Gasteiger partial charge is 0.484 e. The molecule has 0 aromatic heterocycles. The van der Waals surface area contributed by atoms with Gasteiger partial charge in [0, 0.05) is 20.9 Å². The Morgan fingerprint density at radius 2 is 1.78 bits per heavy atom. The maximum absolute atomic E-state index is 11.9. The summed E-state index contributed by atoms with van der Waals surface area (Å²) >= 11 is 6.74. The highest BCUT2D eigenvalue weighted by Gasteiger charge is 2.08. The number of ether oxygens (including phenoxy) is 1. The number of Topliss-reactive ketones (excluding diaryl/α,β-unsaturated/α-hetero) is 1. The quantitative estimate of drug-likeness (QED) is 0.655. The summed E-state index contributed by atoms with van der Waals surface area (Å²) in [4.78, 5) is 23.5. The molecular formula is C17H15Br2NO3. The van der Waals surface area contributed by atoms with Gasteiger partial charge >= 0.3 is 0 Å². The maximum atomic E-state index is 11.9. The van der Waals surface area contributed by atoms with Crippen molar-refractivity contribution >= 4 is 49.2 Å². The predicted octanol–water partition coefficient (Wildman–Crippen LogP) is 4.82. The van der Waals surface area contributed by atoms with E-state index in [2.05, 4.69) is 37.2 Å². The second-order valence-corrected chi connectivity index (χ2v) is 6.53. The molecule has 23 heavy (non-hydrogen) atoms. The Labute approximate surface area is 151 Å². The minimum Gasteiger partial charge on any atom is -0.484 e. The van der Waals surface area contributed by atoms with Crippen LogP contribution < -0.4 is 10.1 Å². The molecule has 4 nitrogen and oxygen atoms in total. The molecule has 1 amide bonds. The smallest absolute Gasteiger partial charge is 0.262 e. The maximum Gasteiger partial charge on any atom is 0.262 e. The summed E-state index contributed by atoms with van der Waals surface area (Å²) < 4.78 is 7.12. The number of hydrogen-bond acceptors (Lipinski definition) is 3. The molecule has 2 aromatic rings. The molecule has 0 radical (unpaired) electrons. The number of anilines is 1. The van der Waals surface area contributed by atoms with Crippen LogP contribution in [0.15, 0.2) is 51.4 Å². The van der Waals surface area contributed by atoms with Crippen LogP contribution in [-0.2, 0) is 4.79 Å². The number of hydrogen-bond donors (Lipinski definition) is 1. The second-order valence-electron chi connectivity index (χ2n) is 4.76. The Morgan fingerprint density at radius 1 is 1.09 bits per heavy atom. The van der Waals surface area contributed by atoms with Crippen LogP contribution >= 0.6 is 31.9 Å². The van der Waals surface area contributed by atoms with E-state index in [1.807, 2.05) is 19.1 Å². The highest BCUT2D eigenvalue weighted by Crippen LogP contribution is 2.26. The van der Waals surface area contributed by atoms with Crippen LogP contribution in [0.2, 0.25) is 0 Å². The molecule has 2 aromatic carbocycles. The fourth-order valence-corrected chi connectivity index (χ4v) is 3.01. The van der Waals surface area contributed by atoms with E-state index >= 15 is 0 Å². The standard InChI is InChI=1S/C17H15Br2NO3/c1-2-16(21)11-3-6-13(7-4-11)23-10-17(22)20-15-8-5-12(18)9-14(15)19/h3-9H,2,10H2,1H3,(H,20,22). The zero-order valence-corrected chi connectivity index (χ0v) is 15.6. The lowest BCUT2D eigenvalue weighted by atomic mass is 10.1. The van der Waals surface area contributed by atoms with Gasteiger partial charge < -0.3 is 10.1 Å². The fourth-order valence-electron chi connectivity index (χ4n) is 1.87. The number of benzene rings is 2. The molecule has 0 fully saturated rings. The third-order valence-electron chi connectivity index (χ3n) is 3.07. The molecule has 1 N–H and O–H groups in total. The zero-order valence-electron chi connectivity index (χ0n) is 12.4. The summed E-state index contributed by atoms with van der Waals surface area (Å²) in [6, 6.07) is 12.2. The number of rotatable bonds is 6. The van der Waals surface area contributed by atoms with Gasteiger partial charge in [0.25, 0.3) is 5.91 Å². The predicted molar refractivity (Wildman–Crippen MR) is 97.0 cm³/mol. The third kappa shape index (κ3) is 5.18. The lowest BCUT2D eigenvalue weighted by molar-refractivity contribution is -0.118. The first kappa shape index (κ1) is 17.7. The molecule has 0 unspecified atom stereocenters. The minimum absolute atomic E-state index is 0.0781. The van der Waals surface area contributed by atoms with Gasteiger partial charge in [0.2, 0.25) is 0 Å². The van der Waals surface area contributed by atoms with Gasteiger partial charge in [0.15, 0.2) is 12.4 Å². The third-order valence-corrected chi connectivity index (χ3v) is 4.22. The molecule has 0 aliphatic heterocycles. The van der Waals surface area contributed by atoms with Crippen molar-refractivity contribution in [3.8, 4) is 5.75 Å². The van der Waals surface area contributed by atoms with Crippen molar-refractivity contribution in [2.24, 2.45) is 0 Å². The van der Waals surface area contributed by atoms with Crippen LogP contribution in [0.4, 0.5) is 5.69 Å². The van der Waals surface area contributed by atoms with E-state index < -0.39 is 0 Å². The van der Waals surface area contributed by atoms with Gasteiger partial charge in [-0.15, -0.1) is 0 Å². The summed E-state index contributed by atoms with van der Waals surface area (Å²) in [5.41, 5.74) is 1.31. The van der Waals surface area contributed by atoms with Gasteiger partial charge in [-0.1, -0.05) is 22.9 Å². The second kappa shape index (κ2) is 8.26. The average Bonchev–Trinajstić information content (AvgIpc) is 2.55. The molecule has 0 bridgehead atoms. The fraction of sp³-hybridized carbons (Fsp3) is 0.176. The van der Waals surface area contributed by atoms with Crippen LogP contribution in [-0.4, -0.2) is 18.3 Å². The van der Waals surface area contributed by atoms with Crippen molar-refractivity contribution < 1.29 is 14.3 Å². The summed E-state index contributed by atoms with van der Waals surface area (Å²) in [7, 11) is 0. The number of carbonyl (C=O) groups is 2. The minimum atomic E-state index is -0.262. The highest BCUT2D eigenvalue weighted by molar-refractivity contribution is 9.11. The monoisotopic (exact) mass is 439 g/mol. The molecule has 120 valence electrons. The molecule has 2 rings (SSSR count). The van der Waals surface area contributed by atoms with Gasteiger partial charge in [-0.3, -0.25) is 9.59 Å². The number of carbonyl (C=O) groups excluding carboxylic acids is 2. The van der Waals surface area contributed by atoms with Crippen molar-refractivity contribution in [3.63, 3.8) is 0 Å². The normalized spacial score (nSPS) is 10.2. The van der Waals surface area contributed by atoms with Crippen molar-refractivity contribution in [1.82, 2.24) is 0 Å². The van der Waals surface area contributed by atoms with Crippen molar-refractivity contribution in [3.05, 3.63) is 57.0 Å². The van der Waals surface area contributed by atoms with Crippen LogP contribution in [0.1, 0.15) is 23.7 Å². The van der Waals surface area contributed by atoms with Gasteiger partial charge in [0.1, 0.15) is 5.75 Å². The Kier molecular flexibility index (Phi) is 6.36. The van der Waals surface area contributed by atoms with E-state index in [0.29, 0.717) is 23.4 Å². The Balaban J connectivity index is 1.90. The van der Waals surface area contributed by atoms with Gasteiger partial charge in [-0.25, -0.2) is 0 Å². The molecule has 6 heteroatoms. The molecule has 0 spiro atoms. The van der Waals surface area contributed by atoms with Crippen LogP contribution in [0, 0.1) is 0 Å². The summed E-state index contributed by atoms with van der Waals surface area (Å²) in [5.74, 6) is 0.360. The zero-order chi connectivity index (χ0) is 16.8. The topological polar surface area (TPSA) is 55.4 Å². The average molecular weight is 441 g/mol. The molecule has 0 aliphatic rings. The summed E-state index contributed by atoms with van der Waals surface area (Å²) in [6.45, 7) is 1.71. The van der Waals surface area contributed by atoms with Crippen LogP contribution in [0.5, 0.6) is 5.75 Å². The Morgan fingerprint density at radius 3 is 2.39 bits per heavy atom. The lowest BCUT2D eigenvalue weighted by Crippen LogP contribution is -2.20. The Bertz CT molecular complexity index is 714. The molecular weight excluding hydrogens is 426 g/mol. The van der Waals surface area contributed by atoms with Gasteiger partial charge in [-0.05, 0) is 58.4 Å². The van der Waals surface area contributed by atoms with E-state index in [9.17, 15) is 9.59 Å². The first-order valence-electron chi connectivity index (χ1n) is 7.00. The number of halogens is 2. The number of ketones is 1. The summed E-state index contributed by atoms with van der Waals surface area (Å²) in [6.07, 6.45) is 0.463. The molecule has 0 saturated carbocycles. The molecule has 0 atom stereocenters. The van der Waals surface area contributed by atoms with E-state index in [1.54, 1.807) is 30.3 Å². The highest BCUT2D eigenvalue weighted by atomic mass is 79.9. The van der Waals surface area contributed by atoms with E-state index in [-0.39, 0.29) is 18.3 Å². The Hall–Kier alpha value is -1.66. The van der Waals surface area contributed by atoms with Gasteiger partial charge in [-0.2, -0.15) is 0 Å². The van der Waals surface area contributed by atoms with Crippen LogP contribution in [0.25, 0.3) is 0 Å². The van der Waals surface area contributed by atoms with Gasteiger partial charge in [0.05, 0.1) is 5.69 Å².